The molecule has 1 saturated heterocycles. The average molecular weight is 225 g/mol. The molecule has 15 heavy (non-hydrogen) atoms. The van der Waals surface area contributed by atoms with E-state index in [1.807, 2.05) is 18.2 Å². The van der Waals surface area contributed by atoms with Gasteiger partial charge in [0.05, 0.1) is 0 Å². The van der Waals surface area contributed by atoms with Crippen molar-refractivity contribution in [1.82, 2.24) is 10.6 Å². The third kappa shape index (κ3) is 3.49. The molecule has 0 saturated carbocycles. The van der Waals surface area contributed by atoms with Gasteiger partial charge >= 0.3 is 0 Å². The molecule has 3 heteroatoms. The van der Waals surface area contributed by atoms with Crippen LogP contribution in [0, 0.1) is 0 Å². The molecule has 1 aliphatic heterocycles. The van der Waals surface area contributed by atoms with E-state index in [0.29, 0.717) is 6.04 Å². The summed E-state index contributed by atoms with van der Waals surface area (Å²) in [5.74, 6) is 0. The van der Waals surface area contributed by atoms with Crippen molar-refractivity contribution in [1.29, 1.82) is 0 Å². The van der Waals surface area contributed by atoms with Crippen LogP contribution in [-0.4, -0.2) is 19.1 Å². The summed E-state index contributed by atoms with van der Waals surface area (Å²) in [7, 11) is 0. The second-order valence-corrected chi connectivity index (χ2v) is 4.49. The van der Waals surface area contributed by atoms with Gasteiger partial charge in [-0.1, -0.05) is 23.7 Å². The highest BCUT2D eigenvalue weighted by Crippen LogP contribution is 2.10. The van der Waals surface area contributed by atoms with E-state index in [1.165, 1.54) is 24.9 Å². The topological polar surface area (TPSA) is 24.1 Å². The maximum atomic E-state index is 5.91. The molecule has 2 rings (SSSR count). The third-order valence-electron chi connectivity index (χ3n) is 2.77. The predicted molar refractivity (Wildman–Crippen MR) is 64.2 cm³/mol. The van der Waals surface area contributed by atoms with Crippen molar-refractivity contribution < 1.29 is 0 Å². The van der Waals surface area contributed by atoms with E-state index < -0.39 is 0 Å². The van der Waals surface area contributed by atoms with Crippen LogP contribution in [-0.2, 0) is 6.54 Å². The van der Waals surface area contributed by atoms with Gasteiger partial charge in [0, 0.05) is 24.2 Å². The molecule has 1 aliphatic rings. The molecule has 1 atom stereocenters. The normalized spacial score (nSPS) is 20.7. The minimum atomic E-state index is 0.657. The van der Waals surface area contributed by atoms with Crippen molar-refractivity contribution in [3.05, 3.63) is 34.9 Å². The number of hydrogen-bond donors (Lipinski definition) is 2. The number of benzene rings is 1. The molecule has 1 heterocycles. The molecule has 1 aromatic rings. The molecule has 0 aromatic heterocycles. The van der Waals surface area contributed by atoms with Gasteiger partial charge in [-0.05, 0) is 37.1 Å². The molecular weight excluding hydrogens is 208 g/mol. The summed E-state index contributed by atoms with van der Waals surface area (Å²) in [4.78, 5) is 0. The van der Waals surface area contributed by atoms with Crippen LogP contribution in [0.5, 0.6) is 0 Å². The molecule has 1 aromatic carbocycles. The molecule has 0 spiro atoms. The van der Waals surface area contributed by atoms with Gasteiger partial charge in [-0.2, -0.15) is 0 Å². The second-order valence-electron chi connectivity index (χ2n) is 4.05. The Labute approximate surface area is 96.0 Å². The summed E-state index contributed by atoms with van der Waals surface area (Å²) >= 11 is 5.91. The number of halogens is 1. The molecule has 0 radical (unpaired) electrons. The van der Waals surface area contributed by atoms with Gasteiger partial charge in [-0.25, -0.2) is 0 Å². The molecule has 0 aliphatic carbocycles. The van der Waals surface area contributed by atoms with E-state index in [2.05, 4.69) is 16.7 Å². The summed E-state index contributed by atoms with van der Waals surface area (Å²) in [6.45, 7) is 3.12. The zero-order valence-electron chi connectivity index (χ0n) is 8.80. The lowest BCUT2D eigenvalue weighted by atomic mass is 10.2. The van der Waals surface area contributed by atoms with Crippen molar-refractivity contribution >= 4 is 11.6 Å². The highest BCUT2D eigenvalue weighted by atomic mass is 35.5. The van der Waals surface area contributed by atoms with E-state index in [1.54, 1.807) is 0 Å². The Hall–Kier alpha value is -0.570. The molecule has 0 unspecified atom stereocenters. The first-order valence-corrected chi connectivity index (χ1v) is 5.91. The van der Waals surface area contributed by atoms with E-state index in [-0.39, 0.29) is 0 Å². The van der Waals surface area contributed by atoms with E-state index in [0.717, 1.165) is 18.1 Å². The average Bonchev–Trinajstić information content (AvgIpc) is 2.71. The van der Waals surface area contributed by atoms with Crippen LogP contribution in [0.15, 0.2) is 24.3 Å². The summed E-state index contributed by atoms with van der Waals surface area (Å²) in [5, 5.41) is 7.73. The van der Waals surface area contributed by atoms with Crippen molar-refractivity contribution in [2.45, 2.75) is 25.4 Å². The highest BCUT2D eigenvalue weighted by molar-refractivity contribution is 6.30. The summed E-state index contributed by atoms with van der Waals surface area (Å²) in [5.41, 5.74) is 1.25. The van der Waals surface area contributed by atoms with Crippen LogP contribution in [0.1, 0.15) is 18.4 Å². The fraction of sp³-hybridized carbons (Fsp3) is 0.500. The van der Waals surface area contributed by atoms with E-state index in [9.17, 15) is 0 Å². The summed E-state index contributed by atoms with van der Waals surface area (Å²) in [6, 6.07) is 8.66. The van der Waals surface area contributed by atoms with Crippen molar-refractivity contribution in [3.63, 3.8) is 0 Å². The van der Waals surface area contributed by atoms with Crippen molar-refractivity contribution in [3.8, 4) is 0 Å². The lowest BCUT2D eigenvalue weighted by Gasteiger charge is -2.11. The van der Waals surface area contributed by atoms with Gasteiger partial charge < -0.3 is 10.6 Å². The molecule has 82 valence electrons. The largest absolute Gasteiger partial charge is 0.313 e. The fourth-order valence-electron chi connectivity index (χ4n) is 1.97. The molecule has 1 fully saturated rings. The SMILES string of the molecule is Clc1cccc(CNC[C@H]2CCCN2)c1. The number of hydrogen-bond acceptors (Lipinski definition) is 2. The molecule has 0 bridgehead atoms. The molecule has 2 nitrogen and oxygen atoms in total. The minimum Gasteiger partial charge on any atom is -0.313 e. The Balaban J connectivity index is 1.73. The Morgan fingerprint density at radius 3 is 3.13 bits per heavy atom. The molecule has 2 N–H and O–H groups in total. The van der Waals surface area contributed by atoms with Gasteiger partial charge in [-0.15, -0.1) is 0 Å². The van der Waals surface area contributed by atoms with Crippen LogP contribution >= 0.6 is 11.6 Å². The third-order valence-corrected chi connectivity index (χ3v) is 3.01. The summed E-state index contributed by atoms with van der Waals surface area (Å²) in [6.07, 6.45) is 2.60. The lowest BCUT2D eigenvalue weighted by Crippen LogP contribution is -2.33. The summed E-state index contributed by atoms with van der Waals surface area (Å²) < 4.78 is 0. The Bertz CT molecular complexity index is 308. The van der Waals surface area contributed by atoms with Crippen LogP contribution in [0.25, 0.3) is 0 Å². The minimum absolute atomic E-state index is 0.657. The van der Waals surface area contributed by atoms with Crippen LogP contribution < -0.4 is 10.6 Å². The maximum Gasteiger partial charge on any atom is 0.0409 e. The standard InChI is InChI=1S/C12H17ClN2/c13-11-4-1-3-10(7-11)8-14-9-12-5-2-6-15-12/h1,3-4,7,12,14-15H,2,5-6,8-9H2/t12-/m1/s1. The van der Waals surface area contributed by atoms with Gasteiger partial charge in [0.15, 0.2) is 0 Å². The van der Waals surface area contributed by atoms with Gasteiger partial charge in [0.2, 0.25) is 0 Å². The van der Waals surface area contributed by atoms with Crippen molar-refractivity contribution in [2.75, 3.05) is 13.1 Å². The van der Waals surface area contributed by atoms with Gasteiger partial charge in [0.1, 0.15) is 0 Å². The number of nitrogens with one attached hydrogen (secondary N) is 2. The zero-order valence-corrected chi connectivity index (χ0v) is 9.56. The van der Waals surface area contributed by atoms with E-state index >= 15 is 0 Å². The maximum absolute atomic E-state index is 5.91. The second kappa shape index (κ2) is 5.50. The van der Waals surface area contributed by atoms with Crippen LogP contribution in [0.3, 0.4) is 0 Å². The van der Waals surface area contributed by atoms with Crippen LogP contribution in [0.2, 0.25) is 5.02 Å². The van der Waals surface area contributed by atoms with Crippen molar-refractivity contribution in [2.24, 2.45) is 0 Å². The first-order valence-electron chi connectivity index (χ1n) is 5.53. The Morgan fingerprint density at radius 1 is 1.47 bits per heavy atom. The predicted octanol–water partition coefficient (Wildman–Crippen LogP) is 2.18. The molecular formula is C12H17ClN2. The van der Waals surface area contributed by atoms with Crippen LogP contribution in [0.4, 0.5) is 0 Å². The highest BCUT2D eigenvalue weighted by Gasteiger charge is 2.12. The zero-order chi connectivity index (χ0) is 10.5. The first-order chi connectivity index (χ1) is 7.34. The smallest absolute Gasteiger partial charge is 0.0409 e. The monoisotopic (exact) mass is 224 g/mol. The Kier molecular flexibility index (Phi) is 4.01. The van der Waals surface area contributed by atoms with Gasteiger partial charge in [-0.3, -0.25) is 0 Å². The lowest BCUT2D eigenvalue weighted by molar-refractivity contribution is 0.536. The first kappa shape index (κ1) is 10.9. The number of rotatable bonds is 4. The van der Waals surface area contributed by atoms with Gasteiger partial charge in [0.25, 0.3) is 0 Å². The van der Waals surface area contributed by atoms with E-state index in [4.69, 9.17) is 11.6 Å². The fourth-order valence-corrected chi connectivity index (χ4v) is 2.18. The Morgan fingerprint density at radius 2 is 2.40 bits per heavy atom. The quantitative estimate of drug-likeness (QED) is 0.820. The molecule has 0 amide bonds.